The van der Waals surface area contributed by atoms with Crippen LogP contribution in [0, 0.1) is 0 Å². The Kier molecular flexibility index (Phi) is 11.1. The van der Waals surface area contributed by atoms with Gasteiger partial charge in [-0.3, -0.25) is 0 Å². The number of aryl methyl sites for hydroxylation is 1. The molecule has 0 bridgehead atoms. The zero-order valence-electron chi connectivity index (χ0n) is 16.0. The van der Waals surface area contributed by atoms with Gasteiger partial charge in [-0.2, -0.15) is 0 Å². The molecule has 4 N–H and O–H groups in total. The standard InChI is InChI=1S/C20H25N3O2S2.2ClH/c21-15-17-9-7-16(8-10-17)4-3-11-22-12-13-23-27(24,25)20-14-18-5-1-2-6-19(18)26-20;;/h1-2,5-10,14,22-23H,3-4,11-13,15,21H2;2*1H. The molecule has 1 heterocycles. The van der Waals surface area contributed by atoms with E-state index in [1.807, 2.05) is 24.3 Å². The molecule has 0 saturated carbocycles. The van der Waals surface area contributed by atoms with Crippen molar-refractivity contribution in [3.63, 3.8) is 0 Å². The lowest BCUT2D eigenvalue weighted by Gasteiger charge is -2.07. The highest BCUT2D eigenvalue weighted by atomic mass is 35.5. The first-order valence-corrected chi connectivity index (χ1v) is 11.4. The van der Waals surface area contributed by atoms with E-state index in [2.05, 4.69) is 34.3 Å². The molecule has 0 unspecified atom stereocenters. The Morgan fingerprint density at radius 1 is 0.897 bits per heavy atom. The van der Waals surface area contributed by atoms with Gasteiger partial charge in [0, 0.05) is 24.3 Å². The normalized spacial score (nSPS) is 11.1. The zero-order chi connectivity index (χ0) is 19.1. The SMILES string of the molecule is Cl.Cl.NCc1ccc(CCCNCCNS(=O)(=O)c2cc3ccccc3s2)cc1. The minimum atomic E-state index is -3.45. The molecule has 0 radical (unpaired) electrons. The zero-order valence-corrected chi connectivity index (χ0v) is 19.2. The second-order valence-electron chi connectivity index (χ2n) is 6.38. The third kappa shape index (κ3) is 7.53. The summed E-state index contributed by atoms with van der Waals surface area (Å²) in [6.45, 7) is 2.40. The second kappa shape index (κ2) is 12.5. The van der Waals surface area contributed by atoms with Gasteiger partial charge in [0.2, 0.25) is 10.0 Å². The second-order valence-corrected chi connectivity index (χ2v) is 9.45. The highest BCUT2D eigenvalue weighted by molar-refractivity contribution is 7.91. The van der Waals surface area contributed by atoms with Gasteiger partial charge in [-0.05, 0) is 48.0 Å². The maximum absolute atomic E-state index is 12.4. The predicted molar refractivity (Wildman–Crippen MR) is 127 cm³/mol. The van der Waals surface area contributed by atoms with Crippen LogP contribution in [0.5, 0.6) is 0 Å². The molecule has 0 fully saturated rings. The van der Waals surface area contributed by atoms with Crippen LogP contribution in [0.25, 0.3) is 10.1 Å². The Morgan fingerprint density at radius 2 is 1.59 bits per heavy atom. The van der Waals surface area contributed by atoms with E-state index in [0.717, 1.165) is 35.0 Å². The molecular formula is C20H27Cl2N3O2S2. The summed E-state index contributed by atoms with van der Waals surface area (Å²) in [6.07, 6.45) is 2.00. The molecule has 160 valence electrons. The molecule has 1 aromatic heterocycles. The van der Waals surface area contributed by atoms with Gasteiger partial charge in [0.25, 0.3) is 0 Å². The van der Waals surface area contributed by atoms with Crippen LogP contribution >= 0.6 is 36.2 Å². The van der Waals surface area contributed by atoms with Gasteiger partial charge in [-0.25, -0.2) is 13.1 Å². The molecule has 29 heavy (non-hydrogen) atoms. The average Bonchev–Trinajstić information content (AvgIpc) is 3.13. The van der Waals surface area contributed by atoms with Crippen LogP contribution in [-0.2, 0) is 23.0 Å². The van der Waals surface area contributed by atoms with E-state index in [4.69, 9.17) is 5.73 Å². The van der Waals surface area contributed by atoms with Crippen molar-refractivity contribution in [3.05, 3.63) is 65.7 Å². The predicted octanol–water partition coefficient (Wildman–Crippen LogP) is 3.70. The highest BCUT2D eigenvalue weighted by Crippen LogP contribution is 2.28. The van der Waals surface area contributed by atoms with E-state index in [1.54, 1.807) is 6.07 Å². The summed E-state index contributed by atoms with van der Waals surface area (Å²) in [4.78, 5) is 0. The molecule has 0 atom stereocenters. The lowest BCUT2D eigenvalue weighted by atomic mass is 10.1. The Bertz CT molecular complexity index is 944. The molecule has 0 aliphatic heterocycles. The van der Waals surface area contributed by atoms with Crippen molar-refractivity contribution in [1.29, 1.82) is 0 Å². The van der Waals surface area contributed by atoms with Gasteiger partial charge in [0.1, 0.15) is 4.21 Å². The van der Waals surface area contributed by atoms with Crippen LogP contribution in [0.15, 0.2) is 58.8 Å². The minimum absolute atomic E-state index is 0. The molecule has 9 heteroatoms. The molecular weight excluding hydrogens is 449 g/mol. The number of benzene rings is 2. The maximum atomic E-state index is 12.4. The van der Waals surface area contributed by atoms with E-state index >= 15 is 0 Å². The van der Waals surface area contributed by atoms with E-state index in [-0.39, 0.29) is 24.8 Å². The fourth-order valence-corrected chi connectivity index (χ4v) is 5.29. The quantitative estimate of drug-likeness (QED) is 0.390. The van der Waals surface area contributed by atoms with Gasteiger partial charge in [0.15, 0.2) is 0 Å². The van der Waals surface area contributed by atoms with Crippen molar-refractivity contribution < 1.29 is 8.42 Å². The molecule has 5 nitrogen and oxygen atoms in total. The van der Waals surface area contributed by atoms with Crippen LogP contribution in [0.1, 0.15) is 17.5 Å². The summed E-state index contributed by atoms with van der Waals surface area (Å²) in [5.41, 5.74) is 8.03. The van der Waals surface area contributed by atoms with Gasteiger partial charge >= 0.3 is 0 Å². The summed E-state index contributed by atoms with van der Waals surface area (Å²) in [5, 5.41) is 4.24. The molecule has 0 aliphatic carbocycles. The van der Waals surface area contributed by atoms with Crippen molar-refractivity contribution in [3.8, 4) is 0 Å². The van der Waals surface area contributed by atoms with Gasteiger partial charge in [-0.1, -0.05) is 42.5 Å². The van der Waals surface area contributed by atoms with E-state index in [1.165, 1.54) is 16.9 Å². The van der Waals surface area contributed by atoms with Gasteiger partial charge < -0.3 is 11.1 Å². The number of hydrogen-bond acceptors (Lipinski definition) is 5. The van der Waals surface area contributed by atoms with E-state index in [0.29, 0.717) is 23.8 Å². The number of hydrogen-bond donors (Lipinski definition) is 3. The number of rotatable bonds is 10. The number of fused-ring (bicyclic) bond motifs is 1. The van der Waals surface area contributed by atoms with Crippen LogP contribution in [0.4, 0.5) is 0 Å². The number of sulfonamides is 1. The lowest BCUT2D eigenvalue weighted by Crippen LogP contribution is -2.32. The van der Waals surface area contributed by atoms with Crippen LogP contribution in [0.3, 0.4) is 0 Å². The topological polar surface area (TPSA) is 84.2 Å². The molecule has 0 spiro atoms. The Balaban J connectivity index is 0.00000210. The molecule has 3 aromatic rings. The summed E-state index contributed by atoms with van der Waals surface area (Å²) < 4.78 is 28.8. The molecule has 0 saturated heterocycles. The highest BCUT2D eigenvalue weighted by Gasteiger charge is 2.16. The maximum Gasteiger partial charge on any atom is 0.250 e. The van der Waals surface area contributed by atoms with Crippen LogP contribution in [-0.4, -0.2) is 28.1 Å². The summed E-state index contributed by atoms with van der Waals surface area (Å²) in [7, 11) is -3.45. The third-order valence-corrected chi connectivity index (χ3v) is 7.39. The minimum Gasteiger partial charge on any atom is -0.326 e. The lowest BCUT2D eigenvalue weighted by molar-refractivity contribution is 0.576. The monoisotopic (exact) mass is 475 g/mol. The van der Waals surface area contributed by atoms with E-state index in [9.17, 15) is 8.42 Å². The molecule has 0 aliphatic rings. The first-order chi connectivity index (χ1) is 13.1. The first-order valence-electron chi connectivity index (χ1n) is 9.05. The number of nitrogens with one attached hydrogen (secondary N) is 2. The molecule has 2 aromatic carbocycles. The van der Waals surface area contributed by atoms with Gasteiger partial charge in [0.05, 0.1) is 0 Å². The average molecular weight is 476 g/mol. The Morgan fingerprint density at radius 3 is 2.28 bits per heavy atom. The third-order valence-electron chi connectivity index (χ3n) is 4.34. The van der Waals surface area contributed by atoms with Crippen LogP contribution < -0.4 is 15.8 Å². The summed E-state index contributed by atoms with van der Waals surface area (Å²) in [6, 6.07) is 17.8. The Hall–Kier alpha value is -1.19. The fourth-order valence-electron chi connectivity index (χ4n) is 2.82. The van der Waals surface area contributed by atoms with E-state index < -0.39 is 10.0 Å². The first kappa shape index (κ1) is 25.8. The summed E-state index contributed by atoms with van der Waals surface area (Å²) >= 11 is 1.30. The van der Waals surface area contributed by atoms with Crippen molar-refractivity contribution >= 4 is 56.3 Å². The van der Waals surface area contributed by atoms with Crippen molar-refractivity contribution in [2.45, 2.75) is 23.6 Å². The van der Waals surface area contributed by atoms with Crippen molar-refractivity contribution in [2.75, 3.05) is 19.6 Å². The van der Waals surface area contributed by atoms with Crippen molar-refractivity contribution in [2.24, 2.45) is 5.73 Å². The molecule has 0 amide bonds. The fraction of sp³-hybridized carbons (Fsp3) is 0.300. The Labute approximate surface area is 189 Å². The molecule has 3 rings (SSSR count). The van der Waals surface area contributed by atoms with Gasteiger partial charge in [-0.15, -0.1) is 36.2 Å². The number of thiophene rings is 1. The summed E-state index contributed by atoms with van der Waals surface area (Å²) in [5.74, 6) is 0. The van der Waals surface area contributed by atoms with Crippen molar-refractivity contribution in [1.82, 2.24) is 10.0 Å². The number of nitrogens with two attached hydrogens (primary N) is 1. The van der Waals surface area contributed by atoms with Crippen LogP contribution in [0.2, 0.25) is 0 Å². The smallest absolute Gasteiger partial charge is 0.250 e. The largest absolute Gasteiger partial charge is 0.326 e. The number of halogens is 2.